The first kappa shape index (κ1) is 17.4. The van der Waals surface area contributed by atoms with E-state index >= 15 is 0 Å². The van der Waals surface area contributed by atoms with Crippen molar-refractivity contribution in [3.63, 3.8) is 0 Å². The summed E-state index contributed by atoms with van der Waals surface area (Å²) in [4.78, 5) is 23.6. The lowest BCUT2D eigenvalue weighted by molar-refractivity contribution is -0.119. The van der Waals surface area contributed by atoms with Gasteiger partial charge in [-0.25, -0.2) is 0 Å². The van der Waals surface area contributed by atoms with E-state index in [1.54, 1.807) is 31.2 Å². The number of hydrogen-bond donors (Lipinski definition) is 3. The molecule has 106 valence electrons. The Labute approximate surface area is 119 Å². The number of nitrogens with one attached hydrogen (secondary N) is 2. The highest BCUT2D eigenvalue weighted by Crippen LogP contribution is 2.15. The van der Waals surface area contributed by atoms with Crippen molar-refractivity contribution in [1.29, 1.82) is 0 Å². The van der Waals surface area contributed by atoms with Gasteiger partial charge < -0.3 is 16.4 Å². The number of hydrogen-bond acceptors (Lipinski definition) is 3. The Hall–Kier alpha value is -1.59. The summed E-state index contributed by atoms with van der Waals surface area (Å²) in [6.07, 6.45) is 0. The normalized spacial score (nSPS) is 11.1. The van der Waals surface area contributed by atoms with Crippen molar-refractivity contribution in [1.82, 2.24) is 5.32 Å². The Morgan fingerprint density at radius 3 is 2.53 bits per heavy atom. The third-order valence-electron chi connectivity index (χ3n) is 2.57. The zero-order valence-corrected chi connectivity index (χ0v) is 11.9. The molecule has 1 atom stereocenters. The number of carbonyl (C=O) groups excluding carboxylic acids is 2. The van der Waals surface area contributed by atoms with E-state index in [9.17, 15) is 9.59 Å². The van der Waals surface area contributed by atoms with Gasteiger partial charge in [-0.2, -0.15) is 0 Å². The van der Waals surface area contributed by atoms with Gasteiger partial charge in [0.15, 0.2) is 0 Å². The molecule has 1 unspecified atom stereocenters. The lowest BCUT2D eigenvalue weighted by Gasteiger charge is -2.13. The predicted molar refractivity (Wildman–Crippen MR) is 78.5 cm³/mol. The van der Waals surface area contributed by atoms with Gasteiger partial charge in [0.1, 0.15) is 0 Å². The highest BCUT2D eigenvalue weighted by molar-refractivity contribution is 6.04. The Kier molecular flexibility index (Phi) is 7.79. The zero-order valence-electron chi connectivity index (χ0n) is 11.1. The smallest absolute Gasteiger partial charge is 0.253 e. The number of rotatable bonds is 5. The quantitative estimate of drug-likeness (QED) is 0.764. The first-order chi connectivity index (χ1) is 8.60. The minimum atomic E-state index is -0.285. The molecule has 2 amide bonds. The maximum absolute atomic E-state index is 11.8. The highest BCUT2D eigenvalue weighted by atomic mass is 35.5. The number of halogens is 1. The van der Waals surface area contributed by atoms with Crippen molar-refractivity contribution in [2.75, 3.05) is 18.4 Å². The van der Waals surface area contributed by atoms with E-state index in [1.807, 2.05) is 6.92 Å². The molecule has 0 spiro atoms. The molecule has 0 fully saturated rings. The first-order valence-corrected chi connectivity index (χ1v) is 5.98. The molecule has 0 aliphatic heterocycles. The summed E-state index contributed by atoms with van der Waals surface area (Å²) < 4.78 is 0. The molecule has 0 aromatic heterocycles. The van der Waals surface area contributed by atoms with Crippen LogP contribution in [0, 0.1) is 5.92 Å². The standard InChI is InChI=1S/C13H19N3O2.ClH/c1-3-15-13(18)10-6-4-5-7-11(10)16-12(17)9(2)8-14;/h4-7,9H,3,8,14H2,1-2H3,(H,15,18)(H,16,17);1H. The topological polar surface area (TPSA) is 84.2 Å². The third-order valence-corrected chi connectivity index (χ3v) is 2.57. The number of carbonyl (C=O) groups is 2. The fourth-order valence-electron chi connectivity index (χ4n) is 1.41. The summed E-state index contributed by atoms with van der Waals surface area (Å²) >= 11 is 0. The molecule has 0 aliphatic rings. The molecule has 0 saturated carbocycles. The van der Waals surface area contributed by atoms with Gasteiger partial charge in [0, 0.05) is 19.0 Å². The number of amides is 2. The van der Waals surface area contributed by atoms with Crippen LogP contribution >= 0.6 is 12.4 Å². The van der Waals surface area contributed by atoms with E-state index in [0.717, 1.165) is 0 Å². The van der Waals surface area contributed by atoms with E-state index in [2.05, 4.69) is 10.6 Å². The molecule has 0 saturated heterocycles. The van der Waals surface area contributed by atoms with Gasteiger partial charge in [0.05, 0.1) is 11.3 Å². The fraction of sp³-hybridized carbons (Fsp3) is 0.385. The van der Waals surface area contributed by atoms with Gasteiger partial charge in [-0.05, 0) is 19.1 Å². The molecule has 1 aromatic carbocycles. The van der Waals surface area contributed by atoms with Crippen molar-refractivity contribution >= 4 is 29.9 Å². The maximum Gasteiger partial charge on any atom is 0.253 e. The molecule has 0 radical (unpaired) electrons. The van der Waals surface area contributed by atoms with Crippen LogP contribution in [-0.4, -0.2) is 24.9 Å². The van der Waals surface area contributed by atoms with Crippen LogP contribution in [0.5, 0.6) is 0 Å². The number of benzene rings is 1. The number of anilines is 1. The summed E-state index contributed by atoms with van der Waals surface area (Å²) in [6, 6.07) is 6.90. The molecule has 0 heterocycles. The van der Waals surface area contributed by atoms with Crippen LogP contribution in [0.25, 0.3) is 0 Å². The Bertz CT molecular complexity index is 438. The zero-order chi connectivity index (χ0) is 13.5. The van der Waals surface area contributed by atoms with Gasteiger partial charge in [0.25, 0.3) is 5.91 Å². The first-order valence-electron chi connectivity index (χ1n) is 5.98. The van der Waals surface area contributed by atoms with Crippen LogP contribution < -0.4 is 16.4 Å². The number of para-hydroxylation sites is 1. The van der Waals surface area contributed by atoms with Crippen LogP contribution in [0.3, 0.4) is 0 Å². The van der Waals surface area contributed by atoms with E-state index in [-0.39, 0.29) is 36.7 Å². The molecular formula is C13H20ClN3O2. The molecule has 19 heavy (non-hydrogen) atoms. The minimum absolute atomic E-state index is 0. The summed E-state index contributed by atoms with van der Waals surface area (Å²) in [5.74, 6) is -0.671. The molecule has 4 N–H and O–H groups in total. The number of nitrogens with two attached hydrogens (primary N) is 1. The lowest BCUT2D eigenvalue weighted by atomic mass is 10.1. The van der Waals surface area contributed by atoms with Crippen LogP contribution in [0.2, 0.25) is 0 Å². The fourth-order valence-corrected chi connectivity index (χ4v) is 1.41. The second kappa shape index (κ2) is 8.50. The molecule has 0 aliphatic carbocycles. The molecule has 6 heteroatoms. The minimum Gasteiger partial charge on any atom is -0.352 e. The van der Waals surface area contributed by atoms with Crippen molar-refractivity contribution in [2.24, 2.45) is 11.7 Å². The summed E-state index contributed by atoms with van der Waals surface area (Å²) in [6.45, 7) is 4.40. The van der Waals surface area contributed by atoms with Gasteiger partial charge in [-0.15, -0.1) is 12.4 Å². The lowest BCUT2D eigenvalue weighted by Crippen LogP contribution is -2.29. The van der Waals surface area contributed by atoms with Crippen LogP contribution in [0.1, 0.15) is 24.2 Å². The van der Waals surface area contributed by atoms with Gasteiger partial charge in [0.2, 0.25) is 5.91 Å². The predicted octanol–water partition coefficient (Wildman–Crippen LogP) is 1.39. The molecule has 1 rings (SSSR count). The van der Waals surface area contributed by atoms with Crippen molar-refractivity contribution in [3.8, 4) is 0 Å². The van der Waals surface area contributed by atoms with Crippen LogP contribution in [0.15, 0.2) is 24.3 Å². The molecule has 5 nitrogen and oxygen atoms in total. The second-order valence-electron chi connectivity index (χ2n) is 4.03. The van der Waals surface area contributed by atoms with Crippen molar-refractivity contribution in [2.45, 2.75) is 13.8 Å². The van der Waals surface area contributed by atoms with Gasteiger partial charge >= 0.3 is 0 Å². The average molecular weight is 286 g/mol. The van der Waals surface area contributed by atoms with Crippen LogP contribution in [-0.2, 0) is 4.79 Å². The summed E-state index contributed by atoms with van der Waals surface area (Å²) in [5, 5.41) is 5.42. The Balaban J connectivity index is 0.00000324. The summed E-state index contributed by atoms with van der Waals surface area (Å²) in [5.41, 5.74) is 6.40. The Morgan fingerprint density at radius 1 is 1.32 bits per heavy atom. The second-order valence-corrected chi connectivity index (χ2v) is 4.03. The van der Waals surface area contributed by atoms with E-state index in [1.165, 1.54) is 0 Å². The molecular weight excluding hydrogens is 266 g/mol. The van der Waals surface area contributed by atoms with Gasteiger partial charge in [-0.1, -0.05) is 19.1 Å². The maximum atomic E-state index is 11.8. The Morgan fingerprint density at radius 2 is 1.95 bits per heavy atom. The highest BCUT2D eigenvalue weighted by Gasteiger charge is 2.15. The van der Waals surface area contributed by atoms with E-state index < -0.39 is 0 Å². The van der Waals surface area contributed by atoms with E-state index in [0.29, 0.717) is 17.8 Å². The largest absolute Gasteiger partial charge is 0.352 e. The molecule has 0 bridgehead atoms. The van der Waals surface area contributed by atoms with Crippen LogP contribution in [0.4, 0.5) is 5.69 Å². The van der Waals surface area contributed by atoms with Gasteiger partial charge in [-0.3, -0.25) is 9.59 Å². The average Bonchev–Trinajstić information content (AvgIpc) is 2.38. The SMILES string of the molecule is CCNC(=O)c1ccccc1NC(=O)C(C)CN.Cl. The van der Waals surface area contributed by atoms with Crippen molar-refractivity contribution in [3.05, 3.63) is 29.8 Å². The monoisotopic (exact) mass is 285 g/mol. The summed E-state index contributed by atoms with van der Waals surface area (Å²) in [7, 11) is 0. The van der Waals surface area contributed by atoms with E-state index in [4.69, 9.17) is 5.73 Å². The molecule has 1 aromatic rings. The third kappa shape index (κ3) is 4.89. The van der Waals surface area contributed by atoms with Crippen molar-refractivity contribution < 1.29 is 9.59 Å².